The molecule has 0 radical (unpaired) electrons. The van der Waals surface area contributed by atoms with Crippen LogP contribution in [0.2, 0.25) is 5.02 Å². The van der Waals surface area contributed by atoms with Crippen molar-refractivity contribution in [1.82, 2.24) is 5.32 Å². The van der Waals surface area contributed by atoms with Crippen molar-refractivity contribution < 1.29 is 9.18 Å². The van der Waals surface area contributed by atoms with Gasteiger partial charge in [-0.15, -0.1) is 0 Å². The van der Waals surface area contributed by atoms with Crippen LogP contribution in [0.1, 0.15) is 19.4 Å². The van der Waals surface area contributed by atoms with Crippen LogP contribution in [0.15, 0.2) is 18.2 Å². The van der Waals surface area contributed by atoms with Crippen LogP contribution in [-0.4, -0.2) is 18.5 Å². The van der Waals surface area contributed by atoms with Gasteiger partial charge in [0.25, 0.3) is 0 Å². The maximum atomic E-state index is 13.4. The number of carbonyl (C=O) groups is 1. The lowest BCUT2D eigenvalue weighted by molar-refractivity contribution is -0.120. The summed E-state index contributed by atoms with van der Waals surface area (Å²) in [6.07, 6.45) is -0.0731. The maximum Gasteiger partial charge on any atom is 0.224 e. The SMILES string of the molecule is CC(C)C(N)CNC(=O)Cc1c(F)cccc1Cl. The van der Waals surface area contributed by atoms with E-state index >= 15 is 0 Å². The van der Waals surface area contributed by atoms with Crippen LogP contribution < -0.4 is 11.1 Å². The second-order valence-corrected chi connectivity index (χ2v) is 5.00. The second kappa shape index (κ2) is 6.71. The van der Waals surface area contributed by atoms with Crippen molar-refractivity contribution in [2.24, 2.45) is 11.7 Å². The molecule has 1 aromatic carbocycles. The van der Waals surface area contributed by atoms with Gasteiger partial charge in [0.1, 0.15) is 5.82 Å². The Morgan fingerprint density at radius 3 is 2.72 bits per heavy atom. The molecule has 0 saturated carbocycles. The van der Waals surface area contributed by atoms with Gasteiger partial charge in [0.2, 0.25) is 5.91 Å². The molecule has 0 aliphatic heterocycles. The van der Waals surface area contributed by atoms with Gasteiger partial charge in [0.15, 0.2) is 0 Å². The van der Waals surface area contributed by atoms with Gasteiger partial charge < -0.3 is 11.1 Å². The molecular weight excluding hydrogens is 255 g/mol. The molecule has 0 heterocycles. The fourth-order valence-electron chi connectivity index (χ4n) is 1.39. The zero-order valence-electron chi connectivity index (χ0n) is 10.5. The first-order chi connectivity index (χ1) is 8.41. The van der Waals surface area contributed by atoms with E-state index in [0.29, 0.717) is 6.54 Å². The molecule has 3 N–H and O–H groups in total. The molecule has 0 aromatic heterocycles. The van der Waals surface area contributed by atoms with Crippen molar-refractivity contribution in [1.29, 1.82) is 0 Å². The number of hydrogen-bond donors (Lipinski definition) is 2. The van der Waals surface area contributed by atoms with Crippen molar-refractivity contribution in [2.75, 3.05) is 6.54 Å². The van der Waals surface area contributed by atoms with Gasteiger partial charge in [-0.1, -0.05) is 31.5 Å². The lowest BCUT2D eigenvalue weighted by Crippen LogP contribution is -2.41. The summed E-state index contributed by atoms with van der Waals surface area (Å²) in [5, 5.41) is 2.94. The molecule has 0 fully saturated rings. The first-order valence-electron chi connectivity index (χ1n) is 5.87. The molecule has 1 aromatic rings. The zero-order chi connectivity index (χ0) is 13.7. The zero-order valence-corrected chi connectivity index (χ0v) is 11.3. The molecule has 3 nitrogen and oxygen atoms in total. The molecule has 1 atom stereocenters. The van der Waals surface area contributed by atoms with E-state index in [1.54, 1.807) is 6.07 Å². The van der Waals surface area contributed by atoms with E-state index < -0.39 is 5.82 Å². The quantitative estimate of drug-likeness (QED) is 0.863. The summed E-state index contributed by atoms with van der Waals surface area (Å²) in [6.45, 7) is 4.33. The predicted molar refractivity (Wildman–Crippen MR) is 70.9 cm³/mol. The first kappa shape index (κ1) is 14.9. The normalized spacial score (nSPS) is 12.6. The average molecular weight is 273 g/mol. The Morgan fingerprint density at radius 2 is 2.17 bits per heavy atom. The molecule has 0 aliphatic rings. The molecular formula is C13H18ClFN2O. The Morgan fingerprint density at radius 1 is 1.50 bits per heavy atom. The fourth-order valence-corrected chi connectivity index (χ4v) is 1.62. The van der Waals surface area contributed by atoms with Crippen LogP contribution >= 0.6 is 11.6 Å². The number of nitrogens with two attached hydrogens (primary N) is 1. The lowest BCUT2D eigenvalue weighted by Gasteiger charge is -2.16. The topological polar surface area (TPSA) is 55.1 Å². The Hall–Kier alpha value is -1.13. The van der Waals surface area contributed by atoms with E-state index in [4.69, 9.17) is 17.3 Å². The van der Waals surface area contributed by atoms with Gasteiger partial charge in [0, 0.05) is 23.2 Å². The summed E-state index contributed by atoms with van der Waals surface area (Å²) in [5.41, 5.74) is 6.02. The minimum absolute atomic E-state index is 0.0731. The summed E-state index contributed by atoms with van der Waals surface area (Å²) in [7, 11) is 0. The van der Waals surface area contributed by atoms with Gasteiger partial charge in [-0.25, -0.2) is 4.39 Å². The van der Waals surface area contributed by atoms with Gasteiger partial charge in [-0.3, -0.25) is 4.79 Å². The van der Waals surface area contributed by atoms with E-state index in [0.717, 1.165) is 0 Å². The van der Waals surface area contributed by atoms with Gasteiger partial charge in [-0.2, -0.15) is 0 Å². The highest BCUT2D eigenvalue weighted by Crippen LogP contribution is 2.19. The summed E-state index contributed by atoms with van der Waals surface area (Å²) < 4.78 is 13.4. The van der Waals surface area contributed by atoms with E-state index in [2.05, 4.69) is 5.32 Å². The number of hydrogen-bond acceptors (Lipinski definition) is 2. The molecule has 100 valence electrons. The molecule has 0 saturated heterocycles. The second-order valence-electron chi connectivity index (χ2n) is 4.59. The van der Waals surface area contributed by atoms with Crippen molar-refractivity contribution in [3.8, 4) is 0 Å². The summed E-state index contributed by atoms with van der Waals surface area (Å²) >= 11 is 5.84. The number of nitrogens with one attached hydrogen (secondary N) is 1. The van der Waals surface area contributed by atoms with Crippen LogP contribution in [0.5, 0.6) is 0 Å². The van der Waals surface area contributed by atoms with Gasteiger partial charge >= 0.3 is 0 Å². The smallest absolute Gasteiger partial charge is 0.224 e. The van der Waals surface area contributed by atoms with Crippen LogP contribution in [0.3, 0.4) is 0 Å². The van der Waals surface area contributed by atoms with Crippen LogP contribution in [0.4, 0.5) is 4.39 Å². The lowest BCUT2D eigenvalue weighted by atomic mass is 10.1. The fraction of sp³-hybridized carbons (Fsp3) is 0.462. The first-order valence-corrected chi connectivity index (χ1v) is 6.24. The van der Waals surface area contributed by atoms with Gasteiger partial charge in [0.05, 0.1) is 6.42 Å². The number of halogens is 2. The number of amides is 1. The Kier molecular flexibility index (Phi) is 5.56. The third kappa shape index (κ3) is 4.27. The third-order valence-corrected chi connectivity index (χ3v) is 3.14. The summed E-state index contributed by atoms with van der Waals surface area (Å²) in [4.78, 5) is 11.7. The Bertz CT molecular complexity index is 403. The maximum absolute atomic E-state index is 13.4. The molecule has 1 unspecified atom stereocenters. The van der Waals surface area contributed by atoms with Crippen LogP contribution in [0.25, 0.3) is 0 Å². The Labute approximate surface area is 112 Å². The van der Waals surface area contributed by atoms with E-state index in [9.17, 15) is 9.18 Å². The van der Waals surface area contributed by atoms with Crippen LogP contribution in [-0.2, 0) is 11.2 Å². The highest BCUT2D eigenvalue weighted by atomic mass is 35.5. The standard InChI is InChI=1S/C13H18ClFN2O/c1-8(2)12(16)7-17-13(18)6-9-10(14)4-3-5-11(9)15/h3-5,8,12H,6-7,16H2,1-2H3,(H,17,18). The minimum atomic E-state index is -0.467. The molecule has 0 aliphatic carbocycles. The number of benzene rings is 1. The highest BCUT2D eigenvalue weighted by Gasteiger charge is 2.13. The van der Waals surface area contributed by atoms with Crippen molar-refractivity contribution in [3.63, 3.8) is 0 Å². The monoisotopic (exact) mass is 272 g/mol. The molecule has 5 heteroatoms. The van der Waals surface area contributed by atoms with Crippen molar-refractivity contribution in [3.05, 3.63) is 34.6 Å². The summed E-state index contributed by atoms with van der Waals surface area (Å²) in [5.74, 6) is -0.466. The summed E-state index contributed by atoms with van der Waals surface area (Å²) in [6, 6.07) is 4.25. The van der Waals surface area contributed by atoms with Crippen molar-refractivity contribution in [2.45, 2.75) is 26.3 Å². The largest absolute Gasteiger partial charge is 0.354 e. The predicted octanol–water partition coefficient (Wildman–Crippen LogP) is 2.12. The molecule has 1 amide bonds. The number of carbonyl (C=O) groups excluding carboxylic acids is 1. The van der Waals surface area contributed by atoms with E-state index in [1.807, 2.05) is 13.8 Å². The number of rotatable bonds is 5. The Balaban J connectivity index is 2.55. The van der Waals surface area contributed by atoms with E-state index in [-0.39, 0.29) is 34.9 Å². The van der Waals surface area contributed by atoms with Gasteiger partial charge in [-0.05, 0) is 18.1 Å². The highest BCUT2D eigenvalue weighted by molar-refractivity contribution is 6.31. The molecule has 0 bridgehead atoms. The van der Waals surface area contributed by atoms with Crippen molar-refractivity contribution >= 4 is 17.5 Å². The average Bonchev–Trinajstić information content (AvgIpc) is 2.30. The minimum Gasteiger partial charge on any atom is -0.354 e. The molecule has 18 heavy (non-hydrogen) atoms. The van der Waals surface area contributed by atoms with Crippen LogP contribution in [0, 0.1) is 11.7 Å². The molecule has 0 spiro atoms. The van der Waals surface area contributed by atoms with E-state index in [1.165, 1.54) is 12.1 Å². The third-order valence-electron chi connectivity index (χ3n) is 2.79. The molecule has 1 rings (SSSR count).